The zero-order valence-corrected chi connectivity index (χ0v) is 17.6. The van der Waals surface area contributed by atoms with Crippen molar-refractivity contribution in [2.24, 2.45) is 0 Å². The second kappa shape index (κ2) is 9.51. The van der Waals surface area contributed by atoms with E-state index in [9.17, 15) is 4.79 Å². The number of nitrogens with zero attached hydrogens (tertiary/aromatic N) is 2. The maximum Gasteiger partial charge on any atom is 0.226 e. The van der Waals surface area contributed by atoms with E-state index < -0.39 is 0 Å². The predicted octanol–water partition coefficient (Wildman–Crippen LogP) is 4.74. The van der Waals surface area contributed by atoms with E-state index in [2.05, 4.69) is 82.1 Å². The number of amides is 1. The Morgan fingerprint density at radius 3 is 2.35 bits per heavy atom. The number of hydrogen-bond acceptors (Lipinski definition) is 2. The van der Waals surface area contributed by atoms with E-state index in [4.69, 9.17) is 0 Å². The number of carbonyl (C=O) groups is 1. The van der Waals surface area contributed by atoms with Crippen molar-refractivity contribution in [1.82, 2.24) is 4.90 Å². The molecular weight excluding hydrogens is 435 g/mol. The summed E-state index contributed by atoms with van der Waals surface area (Å²) in [6.07, 6.45) is 3.75. The zero-order valence-electron chi connectivity index (χ0n) is 15.4. The number of carbonyl (C=O) groups excluding carboxylic acids is 1. The van der Waals surface area contributed by atoms with Crippen molar-refractivity contribution in [3.63, 3.8) is 0 Å². The molecule has 0 unspecified atom stereocenters. The molecule has 1 aliphatic rings. The first-order valence-electron chi connectivity index (χ1n) is 9.51. The second-order valence-electron chi connectivity index (χ2n) is 6.90. The highest BCUT2D eigenvalue weighted by atomic mass is 127. The highest BCUT2D eigenvalue weighted by Crippen LogP contribution is 2.25. The van der Waals surface area contributed by atoms with E-state index in [0.717, 1.165) is 44.6 Å². The van der Waals surface area contributed by atoms with Crippen LogP contribution in [-0.2, 0) is 11.2 Å². The minimum Gasteiger partial charge on any atom is -0.309 e. The molecule has 1 heterocycles. The van der Waals surface area contributed by atoms with Gasteiger partial charge in [0.2, 0.25) is 5.91 Å². The van der Waals surface area contributed by atoms with Crippen LogP contribution in [0.25, 0.3) is 0 Å². The summed E-state index contributed by atoms with van der Waals surface area (Å²) in [5.74, 6) is 0.231. The predicted molar refractivity (Wildman–Crippen MR) is 117 cm³/mol. The molecular formula is C22H27IN2O. The highest BCUT2D eigenvalue weighted by molar-refractivity contribution is 14.1. The topological polar surface area (TPSA) is 23.6 Å². The Morgan fingerprint density at radius 1 is 1.08 bits per heavy atom. The van der Waals surface area contributed by atoms with E-state index in [0.29, 0.717) is 12.5 Å². The van der Waals surface area contributed by atoms with Crippen LogP contribution in [0.3, 0.4) is 0 Å². The lowest BCUT2D eigenvalue weighted by Gasteiger charge is -2.38. The summed E-state index contributed by atoms with van der Waals surface area (Å²) in [7, 11) is 0. The molecule has 3 rings (SSSR count). The average Bonchev–Trinajstić information content (AvgIpc) is 2.69. The molecule has 0 aliphatic carbocycles. The van der Waals surface area contributed by atoms with Gasteiger partial charge in [0.05, 0.1) is 0 Å². The number of likely N-dealkylation sites (tertiary alicyclic amines) is 1. The summed E-state index contributed by atoms with van der Waals surface area (Å²) in [5.41, 5.74) is 2.44. The second-order valence-corrected chi connectivity index (χ2v) is 8.15. The maximum atomic E-state index is 12.6. The number of hydrogen-bond donors (Lipinski definition) is 0. The summed E-state index contributed by atoms with van der Waals surface area (Å²) < 4.78 is 1.20. The van der Waals surface area contributed by atoms with E-state index in [1.165, 1.54) is 9.13 Å². The molecule has 0 spiro atoms. The van der Waals surface area contributed by atoms with Crippen LogP contribution in [0, 0.1) is 3.57 Å². The van der Waals surface area contributed by atoms with Gasteiger partial charge in [-0.3, -0.25) is 4.79 Å². The van der Waals surface area contributed by atoms with Crippen molar-refractivity contribution in [3.8, 4) is 0 Å². The first-order chi connectivity index (χ1) is 12.7. The Hall–Kier alpha value is -1.40. The summed E-state index contributed by atoms with van der Waals surface area (Å²) >= 11 is 2.31. The van der Waals surface area contributed by atoms with Crippen molar-refractivity contribution < 1.29 is 4.79 Å². The molecule has 3 nitrogen and oxygen atoms in total. The molecule has 0 atom stereocenters. The molecule has 4 heteroatoms. The van der Waals surface area contributed by atoms with Crippen LogP contribution in [-0.4, -0.2) is 36.5 Å². The van der Waals surface area contributed by atoms with Gasteiger partial charge in [0.15, 0.2) is 0 Å². The average molecular weight is 462 g/mol. The third-order valence-electron chi connectivity index (χ3n) is 5.16. The standard InChI is InChI=1S/C22H27IN2O/c1-2-22(26)25(20-10-8-19(23)9-11-20)21-13-16-24(17-14-21)15-12-18-6-4-3-5-7-18/h3-11,21H,2,12-17H2,1H3. The van der Waals surface area contributed by atoms with Crippen LogP contribution in [0.2, 0.25) is 0 Å². The summed E-state index contributed by atoms with van der Waals surface area (Å²) in [4.78, 5) is 17.2. The monoisotopic (exact) mass is 462 g/mol. The van der Waals surface area contributed by atoms with Gasteiger partial charge in [0, 0.05) is 41.4 Å². The Balaban J connectivity index is 1.59. The molecule has 0 bridgehead atoms. The highest BCUT2D eigenvalue weighted by Gasteiger charge is 2.28. The molecule has 1 aliphatic heterocycles. The Morgan fingerprint density at radius 2 is 1.73 bits per heavy atom. The van der Waals surface area contributed by atoms with Crippen molar-refractivity contribution >= 4 is 34.2 Å². The SMILES string of the molecule is CCC(=O)N(c1ccc(I)cc1)C1CCN(CCc2ccccc2)CC1. The molecule has 1 fully saturated rings. The normalized spacial score (nSPS) is 15.8. The lowest BCUT2D eigenvalue weighted by molar-refractivity contribution is -0.119. The molecule has 26 heavy (non-hydrogen) atoms. The van der Waals surface area contributed by atoms with Gasteiger partial charge in [-0.1, -0.05) is 37.3 Å². The Bertz CT molecular complexity index is 694. The molecule has 2 aromatic rings. The van der Waals surface area contributed by atoms with Crippen LogP contribution >= 0.6 is 22.6 Å². The van der Waals surface area contributed by atoms with Gasteiger partial charge in [0.1, 0.15) is 0 Å². The van der Waals surface area contributed by atoms with Gasteiger partial charge < -0.3 is 9.80 Å². The van der Waals surface area contributed by atoms with Gasteiger partial charge in [-0.25, -0.2) is 0 Å². The van der Waals surface area contributed by atoms with Crippen molar-refractivity contribution in [2.75, 3.05) is 24.5 Å². The lowest BCUT2D eigenvalue weighted by atomic mass is 10.0. The molecule has 138 valence electrons. The number of rotatable bonds is 6. The molecule has 1 amide bonds. The van der Waals surface area contributed by atoms with Crippen LogP contribution in [0.5, 0.6) is 0 Å². The smallest absolute Gasteiger partial charge is 0.226 e. The van der Waals surface area contributed by atoms with Crippen molar-refractivity contribution in [1.29, 1.82) is 0 Å². The first kappa shape index (κ1) is 19.4. The number of halogens is 1. The summed E-state index contributed by atoms with van der Waals surface area (Å²) in [5, 5.41) is 0. The minimum absolute atomic E-state index is 0.231. The number of benzene rings is 2. The summed E-state index contributed by atoms with van der Waals surface area (Å²) in [6, 6.07) is 19.3. The number of piperidine rings is 1. The van der Waals surface area contributed by atoms with Gasteiger partial charge in [0.25, 0.3) is 0 Å². The van der Waals surface area contributed by atoms with Gasteiger partial charge in [-0.05, 0) is 71.7 Å². The molecule has 1 saturated heterocycles. The van der Waals surface area contributed by atoms with Gasteiger partial charge in [-0.2, -0.15) is 0 Å². The molecule has 0 N–H and O–H groups in total. The van der Waals surface area contributed by atoms with Crippen molar-refractivity contribution in [3.05, 3.63) is 63.7 Å². The fourth-order valence-electron chi connectivity index (χ4n) is 3.66. The fraction of sp³-hybridized carbons (Fsp3) is 0.409. The van der Waals surface area contributed by atoms with E-state index in [1.807, 2.05) is 11.8 Å². The first-order valence-corrected chi connectivity index (χ1v) is 10.6. The maximum absolute atomic E-state index is 12.6. The van der Waals surface area contributed by atoms with E-state index in [1.54, 1.807) is 0 Å². The van der Waals surface area contributed by atoms with Crippen LogP contribution in [0.15, 0.2) is 54.6 Å². The Labute approximate surface area is 170 Å². The van der Waals surface area contributed by atoms with Gasteiger partial charge in [-0.15, -0.1) is 0 Å². The lowest BCUT2D eigenvalue weighted by Crippen LogP contribution is -2.47. The zero-order chi connectivity index (χ0) is 18.4. The van der Waals surface area contributed by atoms with E-state index in [-0.39, 0.29) is 5.91 Å². The van der Waals surface area contributed by atoms with E-state index >= 15 is 0 Å². The summed E-state index contributed by atoms with van der Waals surface area (Å²) in [6.45, 7) is 5.18. The van der Waals surface area contributed by atoms with Crippen molar-refractivity contribution in [2.45, 2.75) is 38.6 Å². The van der Waals surface area contributed by atoms with Crippen LogP contribution < -0.4 is 4.90 Å². The van der Waals surface area contributed by atoms with Crippen LogP contribution in [0.1, 0.15) is 31.7 Å². The third kappa shape index (κ3) is 5.07. The molecule has 2 aromatic carbocycles. The molecule has 0 saturated carbocycles. The third-order valence-corrected chi connectivity index (χ3v) is 5.88. The van der Waals surface area contributed by atoms with Gasteiger partial charge >= 0.3 is 0 Å². The number of anilines is 1. The minimum atomic E-state index is 0.231. The Kier molecular flexibility index (Phi) is 7.08. The quantitative estimate of drug-likeness (QED) is 0.579. The fourth-order valence-corrected chi connectivity index (χ4v) is 4.02. The van der Waals surface area contributed by atoms with Crippen LogP contribution in [0.4, 0.5) is 5.69 Å². The largest absolute Gasteiger partial charge is 0.309 e. The molecule has 0 aromatic heterocycles. The molecule has 0 radical (unpaired) electrons.